The maximum Gasteiger partial charge on any atom is 0.317 e. The number of benzene rings is 2. The van der Waals surface area contributed by atoms with Crippen LogP contribution in [0.4, 0.5) is 4.79 Å². The maximum absolute atomic E-state index is 13.4. The summed E-state index contributed by atoms with van der Waals surface area (Å²) in [6.07, 6.45) is 2.47. The molecule has 1 aliphatic rings. The zero-order valence-electron chi connectivity index (χ0n) is 20.2. The molecule has 1 atom stereocenters. The Kier molecular flexibility index (Phi) is 8.44. The molecule has 1 aliphatic heterocycles. The smallest absolute Gasteiger partial charge is 0.317 e. The number of hydrogen-bond acceptors (Lipinski definition) is 3. The molecule has 2 aromatic carbocycles. The average Bonchev–Trinajstić information content (AvgIpc) is 3.20. The van der Waals surface area contributed by atoms with Gasteiger partial charge in [-0.05, 0) is 56.5 Å². The summed E-state index contributed by atoms with van der Waals surface area (Å²) >= 11 is 18.7. The summed E-state index contributed by atoms with van der Waals surface area (Å²) in [5.41, 5.74) is 3.16. The Morgan fingerprint density at radius 1 is 1.08 bits per heavy atom. The standard InChI is InChI=1S/C26H28Cl3N5O2/c1-3-12-30-26(36)33-13-4-5-20(15-33)31-25(35)23-16(2)24(17-6-8-18(27)9-7-17)34(32-23)22-11-10-19(28)14-21(22)29/h6-11,14,20H,3-5,12-13,15H2,1-2H3,(H,30,36)(H,31,35)/t20-/m0/s1. The summed E-state index contributed by atoms with van der Waals surface area (Å²) in [4.78, 5) is 27.6. The quantitative estimate of drug-likeness (QED) is 0.389. The van der Waals surface area contributed by atoms with Crippen LogP contribution in [0.25, 0.3) is 16.9 Å². The van der Waals surface area contributed by atoms with Crippen molar-refractivity contribution in [3.05, 3.63) is 68.8 Å². The van der Waals surface area contributed by atoms with E-state index in [9.17, 15) is 9.59 Å². The number of carbonyl (C=O) groups is 2. The first-order chi connectivity index (χ1) is 17.3. The zero-order chi connectivity index (χ0) is 25.8. The first-order valence-corrected chi connectivity index (χ1v) is 13.1. The van der Waals surface area contributed by atoms with Gasteiger partial charge in [-0.15, -0.1) is 0 Å². The molecule has 3 amide bonds. The highest BCUT2D eigenvalue weighted by atomic mass is 35.5. The van der Waals surface area contributed by atoms with Crippen LogP contribution in [-0.2, 0) is 0 Å². The van der Waals surface area contributed by atoms with Crippen molar-refractivity contribution in [3.8, 4) is 16.9 Å². The Balaban J connectivity index is 1.65. The molecule has 1 fully saturated rings. The summed E-state index contributed by atoms with van der Waals surface area (Å²) in [5.74, 6) is -0.299. The van der Waals surface area contributed by atoms with Crippen LogP contribution in [0.3, 0.4) is 0 Å². The van der Waals surface area contributed by atoms with Crippen LogP contribution >= 0.6 is 34.8 Å². The second-order valence-corrected chi connectivity index (χ2v) is 10.1. The van der Waals surface area contributed by atoms with Crippen molar-refractivity contribution in [3.63, 3.8) is 0 Å². The van der Waals surface area contributed by atoms with Crippen LogP contribution in [0.2, 0.25) is 15.1 Å². The van der Waals surface area contributed by atoms with Crippen LogP contribution in [0.1, 0.15) is 42.2 Å². The van der Waals surface area contributed by atoms with E-state index in [4.69, 9.17) is 34.8 Å². The first-order valence-electron chi connectivity index (χ1n) is 11.9. The molecule has 4 rings (SSSR count). The van der Waals surface area contributed by atoms with E-state index in [1.165, 1.54) is 0 Å². The van der Waals surface area contributed by atoms with Crippen molar-refractivity contribution in [2.75, 3.05) is 19.6 Å². The summed E-state index contributed by atoms with van der Waals surface area (Å²) in [6, 6.07) is 12.2. The van der Waals surface area contributed by atoms with Gasteiger partial charge in [0.1, 0.15) is 0 Å². The number of piperidine rings is 1. The number of amides is 3. The molecular weight excluding hydrogens is 521 g/mol. The van der Waals surface area contributed by atoms with Gasteiger partial charge in [0, 0.05) is 46.8 Å². The minimum absolute atomic E-state index is 0.0985. The number of carbonyl (C=O) groups excluding carboxylic acids is 2. The molecule has 3 aromatic rings. The van der Waals surface area contributed by atoms with E-state index in [-0.39, 0.29) is 18.0 Å². The van der Waals surface area contributed by atoms with Gasteiger partial charge in [-0.3, -0.25) is 4.79 Å². The Bertz CT molecular complexity index is 1260. The highest BCUT2D eigenvalue weighted by Crippen LogP contribution is 2.33. The number of rotatable bonds is 6. The van der Waals surface area contributed by atoms with Crippen LogP contribution in [0, 0.1) is 6.92 Å². The van der Waals surface area contributed by atoms with Crippen LogP contribution < -0.4 is 10.6 Å². The lowest BCUT2D eigenvalue weighted by Gasteiger charge is -2.33. The Hall–Kier alpha value is -2.74. The Morgan fingerprint density at radius 3 is 2.50 bits per heavy atom. The van der Waals surface area contributed by atoms with E-state index in [0.29, 0.717) is 51.6 Å². The van der Waals surface area contributed by atoms with Crippen molar-refractivity contribution in [2.45, 2.75) is 39.2 Å². The molecule has 0 spiro atoms. The van der Waals surface area contributed by atoms with Crippen molar-refractivity contribution in [2.24, 2.45) is 0 Å². The second kappa shape index (κ2) is 11.5. The lowest BCUT2D eigenvalue weighted by atomic mass is 10.0. The molecule has 36 heavy (non-hydrogen) atoms. The topological polar surface area (TPSA) is 79.3 Å². The maximum atomic E-state index is 13.4. The molecule has 0 bridgehead atoms. The zero-order valence-corrected chi connectivity index (χ0v) is 22.4. The van der Waals surface area contributed by atoms with Gasteiger partial charge in [-0.25, -0.2) is 9.48 Å². The third-order valence-electron chi connectivity index (χ3n) is 6.16. The van der Waals surface area contributed by atoms with Gasteiger partial charge in [0.05, 0.1) is 16.4 Å². The predicted octanol–water partition coefficient (Wildman–Crippen LogP) is 6.12. The second-order valence-electron chi connectivity index (χ2n) is 8.83. The van der Waals surface area contributed by atoms with E-state index in [1.54, 1.807) is 39.9 Å². The fourth-order valence-corrected chi connectivity index (χ4v) is 4.98. The van der Waals surface area contributed by atoms with Crippen LogP contribution in [0.5, 0.6) is 0 Å². The fourth-order valence-electron chi connectivity index (χ4n) is 4.36. The van der Waals surface area contributed by atoms with Gasteiger partial charge in [-0.2, -0.15) is 5.10 Å². The molecule has 1 aromatic heterocycles. The summed E-state index contributed by atoms with van der Waals surface area (Å²) < 4.78 is 1.66. The molecule has 2 N–H and O–H groups in total. The summed E-state index contributed by atoms with van der Waals surface area (Å²) in [5, 5.41) is 12.2. The van der Waals surface area contributed by atoms with E-state index in [1.807, 2.05) is 26.0 Å². The number of likely N-dealkylation sites (tertiary alicyclic amines) is 1. The monoisotopic (exact) mass is 547 g/mol. The number of halogens is 3. The number of hydrogen-bond donors (Lipinski definition) is 2. The van der Waals surface area contributed by atoms with Crippen molar-refractivity contribution >= 4 is 46.7 Å². The lowest BCUT2D eigenvalue weighted by molar-refractivity contribution is 0.0904. The van der Waals surface area contributed by atoms with Gasteiger partial charge in [0.25, 0.3) is 5.91 Å². The van der Waals surface area contributed by atoms with Crippen molar-refractivity contribution in [1.82, 2.24) is 25.3 Å². The molecule has 10 heteroatoms. The number of nitrogens with zero attached hydrogens (tertiary/aromatic N) is 3. The van der Waals surface area contributed by atoms with Gasteiger partial charge in [0.2, 0.25) is 0 Å². The highest BCUT2D eigenvalue weighted by Gasteiger charge is 2.28. The molecule has 0 aliphatic carbocycles. The number of urea groups is 1. The molecular formula is C26H28Cl3N5O2. The Morgan fingerprint density at radius 2 is 1.81 bits per heavy atom. The van der Waals surface area contributed by atoms with Gasteiger partial charge >= 0.3 is 6.03 Å². The van der Waals surface area contributed by atoms with Crippen molar-refractivity contribution in [1.29, 1.82) is 0 Å². The SMILES string of the molecule is CCCNC(=O)N1CCC[C@H](NC(=O)c2nn(-c3ccc(Cl)cc3Cl)c(-c3ccc(Cl)cc3)c2C)C1. The molecule has 0 radical (unpaired) electrons. The third kappa shape index (κ3) is 5.80. The van der Waals surface area contributed by atoms with E-state index in [2.05, 4.69) is 15.7 Å². The molecule has 7 nitrogen and oxygen atoms in total. The van der Waals surface area contributed by atoms with E-state index < -0.39 is 0 Å². The van der Waals surface area contributed by atoms with E-state index in [0.717, 1.165) is 30.5 Å². The molecule has 1 saturated heterocycles. The average molecular weight is 549 g/mol. The van der Waals surface area contributed by atoms with E-state index >= 15 is 0 Å². The van der Waals surface area contributed by atoms with Gasteiger partial charge < -0.3 is 15.5 Å². The lowest BCUT2D eigenvalue weighted by Crippen LogP contribution is -2.52. The minimum atomic E-state index is -0.299. The molecule has 0 unspecified atom stereocenters. The third-order valence-corrected chi connectivity index (χ3v) is 6.95. The van der Waals surface area contributed by atoms with Crippen LogP contribution in [0.15, 0.2) is 42.5 Å². The van der Waals surface area contributed by atoms with Crippen molar-refractivity contribution < 1.29 is 9.59 Å². The first kappa shape index (κ1) is 26.3. The minimum Gasteiger partial charge on any atom is -0.346 e. The van der Waals surface area contributed by atoms with Gasteiger partial charge in [-0.1, -0.05) is 53.9 Å². The largest absolute Gasteiger partial charge is 0.346 e. The predicted molar refractivity (Wildman–Crippen MR) is 145 cm³/mol. The molecule has 2 heterocycles. The molecule has 0 saturated carbocycles. The molecule has 190 valence electrons. The fraction of sp³-hybridized carbons (Fsp3) is 0.346. The summed E-state index contributed by atoms with van der Waals surface area (Å²) in [6.45, 7) is 5.62. The highest BCUT2D eigenvalue weighted by molar-refractivity contribution is 6.35. The number of nitrogens with one attached hydrogen (secondary N) is 2. The summed E-state index contributed by atoms with van der Waals surface area (Å²) in [7, 11) is 0. The van der Waals surface area contributed by atoms with Gasteiger partial charge in [0.15, 0.2) is 5.69 Å². The normalized spacial score (nSPS) is 15.6. The Labute approximate surface area is 225 Å². The van der Waals surface area contributed by atoms with Crippen LogP contribution in [-0.4, -0.2) is 52.3 Å². The number of aromatic nitrogens is 2.